The number of hydrogen-bond acceptors (Lipinski definition) is 4. The summed E-state index contributed by atoms with van der Waals surface area (Å²) >= 11 is 0. The van der Waals surface area contributed by atoms with Gasteiger partial charge >= 0.3 is 0 Å². The van der Waals surface area contributed by atoms with Crippen molar-refractivity contribution >= 4 is 5.91 Å². The number of oxazole rings is 1. The normalized spacial score (nSPS) is 12.5. The molecule has 0 aromatic carbocycles. The van der Waals surface area contributed by atoms with Crippen molar-refractivity contribution < 1.29 is 9.21 Å². The molecule has 0 aliphatic rings. The van der Waals surface area contributed by atoms with Crippen LogP contribution in [0.4, 0.5) is 0 Å². The van der Waals surface area contributed by atoms with Crippen LogP contribution in [0, 0.1) is 0 Å². The molecule has 0 spiro atoms. The summed E-state index contributed by atoms with van der Waals surface area (Å²) in [5, 5.41) is 2.81. The highest BCUT2D eigenvalue weighted by Gasteiger charge is 2.13. The van der Waals surface area contributed by atoms with E-state index in [0.29, 0.717) is 24.6 Å². The first kappa shape index (κ1) is 11.7. The molecule has 0 saturated carbocycles. The van der Waals surface area contributed by atoms with Gasteiger partial charge < -0.3 is 15.5 Å². The Balaban J connectivity index is 2.58. The summed E-state index contributed by atoms with van der Waals surface area (Å²) in [4.78, 5) is 15.6. The van der Waals surface area contributed by atoms with E-state index in [1.54, 1.807) is 0 Å². The first-order chi connectivity index (χ1) is 7.17. The van der Waals surface area contributed by atoms with Gasteiger partial charge in [0.05, 0.1) is 0 Å². The standard InChI is InChI=1S/C10H17N3O2/c1-3-7(2)12-10(14)8-6-15-9(13-8)4-5-11/h6-7H,3-5,11H2,1-2H3,(H,12,14). The van der Waals surface area contributed by atoms with Crippen LogP contribution in [-0.4, -0.2) is 23.5 Å². The Kier molecular flexibility index (Phi) is 4.30. The summed E-state index contributed by atoms with van der Waals surface area (Å²) in [5.41, 5.74) is 5.67. The molecule has 1 aromatic rings. The van der Waals surface area contributed by atoms with E-state index in [9.17, 15) is 4.79 Å². The molecular weight excluding hydrogens is 194 g/mol. The Bertz CT molecular complexity index is 322. The van der Waals surface area contributed by atoms with Crippen LogP contribution in [0.1, 0.15) is 36.6 Å². The maximum Gasteiger partial charge on any atom is 0.273 e. The van der Waals surface area contributed by atoms with Gasteiger partial charge in [0.25, 0.3) is 5.91 Å². The lowest BCUT2D eigenvalue weighted by Crippen LogP contribution is -2.32. The summed E-state index contributed by atoms with van der Waals surface area (Å²) in [5.74, 6) is 0.308. The Morgan fingerprint density at radius 2 is 2.47 bits per heavy atom. The number of amides is 1. The second-order valence-electron chi connectivity index (χ2n) is 3.45. The molecule has 0 saturated heterocycles. The summed E-state index contributed by atoms with van der Waals surface area (Å²) in [6.45, 7) is 4.42. The molecule has 0 bridgehead atoms. The summed E-state index contributed by atoms with van der Waals surface area (Å²) in [7, 11) is 0. The number of rotatable bonds is 5. The molecular formula is C10H17N3O2. The maximum atomic E-state index is 11.6. The molecule has 0 radical (unpaired) electrons. The second kappa shape index (κ2) is 5.50. The van der Waals surface area contributed by atoms with Gasteiger partial charge in [0.2, 0.25) is 0 Å². The number of carbonyl (C=O) groups is 1. The van der Waals surface area contributed by atoms with Crippen LogP contribution in [0.25, 0.3) is 0 Å². The minimum Gasteiger partial charge on any atom is -0.448 e. The van der Waals surface area contributed by atoms with Gasteiger partial charge in [-0.1, -0.05) is 6.92 Å². The Labute approximate surface area is 89.1 Å². The van der Waals surface area contributed by atoms with Gasteiger partial charge in [-0.2, -0.15) is 0 Å². The van der Waals surface area contributed by atoms with E-state index in [1.807, 2.05) is 13.8 Å². The summed E-state index contributed by atoms with van der Waals surface area (Å²) < 4.78 is 5.09. The molecule has 0 aliphatic carbocycles. The van der Waals surface area contributed by atoms with Gasteiger partial charge in [-0.05, 0) is 13.3 Å². The molecule has 5 nitrogen and oxygen atoms in total. The van der Waals surface area contributed by atoms with E-state index in [-0.39, 0.29) is 11.9 Å². The highest BCUT2D eigenvalue weighted by atomic mass is 16.3. The van der Waals surface area contributed by atoms with Crippen LogP contribution in [-0.2, 0) is 6.42 Å². The first-order valence-electron chi connectivity index (χ1n) is 5.12. The minimum absolute atomic E-state index is 0.146. The zero-order valence-corrected chi connectivity index (χ0v) is 9.12. The van der Waals surface area contributed by atoms with Gasteiger partial charge in [-0.15, -0.1) is 0 Å². The lowest BCUT2D eigenvalue weighted by atomic mass is 10.2. The first-order valence-corrected chi connectivity index (χ1v) is 5.12. The van der Waals surface area contributed by atoms with Crippen molar-refractivity contribution in [2.75, 3.05) is 6.54 Å². The topological polar surface area (TPSA) is 81.2 Å². The van der Waals surface area contributed by atoms with Gasteiger partial charge in [0.15, 0.2) is 11.6 Å². The van der Waals surface area contributed by atoms with Gasteiger partial charge in [0.1, 0.15) is 6.26 Å². The molecule has 3 N–H and O–H groups in total. The fraction of sp³-hybridized carbons (Fsp3) is 0.600. The van der Waals surface area contributed by atoms with Gasteiger partial charge in [-0.3, -0.25) is 4.79 Å². The smallest absolute Gasteiger partial charge is 0.273 e. The van der Waals surface area contributed by atoms with E-state index < -0.39 is 0 Å². The van der Waals surface area contributed by atoms with E-state index in [4.69, 9.17) is 10.2 Å². The second-order valence-corrected chi connectivity index (χ2v) is 3.45. The number of nitrogens with zero attached hydrogens (tertiary/aromatic N) is 1. The molecule has 0 fully saturated rings. The van der Waals surface area contributed by atoms with Crippen molar-refractivity contribution in [3.8, 4) is 0 Å². The Morgan fingerprint density at radius 3 is 3.07 bits per heavy atom. The van der Waals surface area contributed by atoms with Gasteiger partial charge in [0, 0.05) is 19.0 Å². The van der Waals surface area contributed by atoms with Crippen molar-refractivity contribution in [2.24, 2.45) is 5.73 Å². The molecule has 1 unspecified atom stereocenters. The molecule has 1 rings (SSSR count). The third-order valence-corrected chi connectivity index (χ3v) is 2.13. The average molecular weight is 211 g/mol. The highest BCUT2D eigenvalue weighted by Crippen LogP contribution is 2.03. The molecule has 1 amide bonds. The lowest BCUT2D eigenvalue weighted by Gasteiger charge is -2.08. The predicted octanol–water partition coefficient (Wildman–Crippen LogP) is 0.704. The fourth-order valence-electron chi connectivity index (χ4n) is 1.05. The molecule has 15 heavy (non-hydrogen) atoms. The zero-order valence-electron chi connectivity index (χ0n) is 9.12. The quantitative estimate of drug-likeness (QED) is 0.751. The van der Waals surface area contributed by atoms with Crippen molar-refractivity contribution in [3.63, 3.8) is 0 Å². The number of aromatic nitrogens is 1. The molecule has 5 heteroatoms. The van der Waals surface area contributed by atoms with Gasteiger partial charge in [-0.25, -0.2) is 4.98 Å². The van der Waals surface area contributed by atoms with E-state index in [0.717, 1.165) is 6.42 Å². The van der Waals surface area contributed by atoms with Crippen molar-refractivity contribution in [2.45, 2.75) is 32.7 Å². The largest absolute Gasteiger partial charge is 0.448 e. The van der Waals surface area contributed by atoms with E-state index in [2.05, 4.69) is 10.3 Å². The predicted molar refractivity (Wildman–Crippen MR) is 56.5 cm³/mol. The van der Waals surface area contributed by atoms with Crippen LogP contribution in [0.3, 0.4) is 0 Å². The molecule has 1 atom stereocenters. The number of carbonyl (C=O) groups excluding carboxylic acids is 1. The van der Waals surface area contributed by atoms with Crippen molar-refractivity contribution in [1.82, 2.24) is 10.3 Å². The van der Waals surface area contributed by atoms with Crippen LogP contribution in [0.5, 0.6) is 0 Å². The molecule has 84 valence electrons. The molecule has 1 aromatic heterocycles. The van der Waals surface area contributed by atoms with Crippen LogP contribution < -0.4 is 11.1 Å². The SMILES string of the molecule is CCC(C)NC(=O)c1coc(CCN)n1. The van der Waals surface area contributed by atoms with Crippen LogP contribution >= 0.6 is 0 Å². The molecule has 1 heterocycles. The number of nitrogens with two attached hydrogens (primary N) is 1. The monoisotopic (exact) mass is 211 g/mol. The van der Waals surface area contributed by atoms with E-state index >= 15 is 0 Å². The average Bonchev–Trinajstić information content (AvgIpc) is 2.67. The maximum absolute atomic E-state index is 11.6. The van der Waals surface area contributed by atoms with Crippen molar-refractivity contribution in [3.05, 3.63) is 17.8 Å². The number of hydrogen-bond donors (Lipinski definition) is 2. The third-order valence-electron chi connectivity index (χ3n) is 2.13. The lowest BCUT2D eigenvalue weighted by molar-refractivity contribution is 0.0934. The highest BCUT2D eigenvalue weighted by molar-refractivity contribution is 5.92. The van der Waals surface area contributed by atoms with Crippen LogP contribution in [0.2, 0.25) is 0 Å². The summed E-state index contributed by atoms with van der Waals surface area (Å²) in [6.07, 6.45) is 2.80. The zero-order chi connectivity index (χ0) is 11.3. The van der Waals surface area contributed by atoms with E-state index in [1.165, 1.54) is 6.26 Å². The van der Waals surface area contributed by atoms with Crippen LogP contribution in [0.15, 0.2) is 10.7 Å². The third kappa shape index (κ3) is 3.36. The Hall–Kier alpha value is -1.36. The fourth-order valence-corrected chi connectivity index (χ4v) is 1.05. The Morgan fingerprint density at radius 1 is 1.73 bits per heavy atom. The van der Waals surface area contributed by atoms with Crippen molar-refractivity contribution in [1.29, 1.82) is 0 Å². The molecule has 0 aliphatic heterocycles. The number of nitrogens with one attached hydrogen (secondary N) is 1. The minimum atomic E-state index is -0.198. The summed E-state index contributed by atoms with van der Waals surface area (Å²) in [6, 6.07) is 0.146.